The number of aromatic nitrogens is 2. The van der Waals surface area contributed by atoms with Crippen molar-refractivity contribution in [1.29, 1.82) is 0 Å². The first kappa shape index (κ1) is 9.26. The highest BCUT2D eigenvalue weighted by molar-refractivity contribution is 5.14. The third kappa shape index (κ3) is 1.50. The first-order chi connectivity index (χ1) is 5.44. The molecule has 68 valence electrons. The molecule has 0 radical (unpaired) electrons. The van der Waals surface area contributed by atoms with Crippen LogP contribution >= 0.6 is 0 Å². The second-order valence-corrected chi connectivity index (χ2v) is 3.70. The third-order valence-electron chi connectivity index (χ3n) is 2.41. The van der Waals surface area contributed by atoms with Gasteiger partial charge in [-0.15, -0.1) is 0 Å². The minimum atomic E-state index is -0.770. The van der Waals surface area contributed by atoms with Gasteiger partial charge in [-0.25, -0.2) is 0 Å². The van der Waals surface area contributed by atoms with Gasteiger partial charge in [0.15, 0.2) is 0 Å². The van der Waals surface area contributed by atoms with E-state index in [0.717, 1.165) is 5.56 Å². The van der Waals surface area contributed by atoms with Gasteiger partial charge in [0, 0.05) is 18.8 Å². The van der Waals surface area contributed by atoms with Crippen molar-refractivity contribution in [3.05, 3.63) is 18.0 Å². The van der Waals surface area contributed by atoms with E-state index in [1.807, 2.05) is 34.0 Å². The summed E-state index contributed by atoms with van der Waals surface area (Å²) in [5.41, 5.74) is 0.105. The smallest absolute Gasteiger partial charge is 0.0921 e. The van der Waals surface area contributed by atoms with Crippen molar-refractivity contribution < 1.29 is 5.11 Å². The van der Waals surface area contributed by atoms with Crippen molar-refractivity contribution in [1.82, 2.24) is 9.78 Å². The standard InChI is InChI=1S/C9H16N2O/c1-7(2)9(3,12)8-5-10-11(4)6-8/h5-7,12H,1-4H3. The van der Waals surface area contributed by atoms with Gasteiger partial charge in [0.05, 0.1) is 11.8 Å². The molecule has 1 aromatic heterocycles. The van der Waals surface area contributed by atoms with E-state index in [9.17, 15) is 5.11 Å². The Morgan fingerprint density at radius 1 is 1.58 bits per heavy atom. The van der Waals surface area contributed by atoms with Crippen LogP contribution in [0.15, 0.2) is 12.4 Å². The normalized spacial score (nSPS) is 16.5. The molecule has 1 unspecified atom stereocenters. The number of hydrogen-bond donors (Lipinski definition) is 1. The Balaban J connectivity index is 2.97. The van der Waals surface area contributed by atoms with Crippen molar-refractivity contribution in [2.24, 2.45) is 13.0 Å². The molecule has 0 spiro atoms. The molecule has 1 atom stereocenters. The van der Waals surface area contributed by atoms with E-state index < -0.39 is 5.60 Å². The highest BCUT2D eigenvalue weighted by Gasteiger charge is 2.28. The zero-order chi connectivity index (χ0) is 9.35. The van der Waals surface area contributed by atoms with Crippen molar-refractivity contribution in [3.8, 4) is 0 Å². The maximum Gasteiger partial charge on any atom is 0.0921 e. The molecule has 0 aliphatic carbocycles. The molecule has 1 aromatic rings. The van der Waals surface area contributed by atoms with Gasteiger partial charge in [0.2, 0.25) is 0 Å². The van der Waals surface area contributed by atoms with Gasteiger partial charge < -0.3 is 5.11 Å². The molecule has 3 nitrogen and oxygen atoms in total. The molecular weight excluding hydrogens is 152 g/mol. The predicted octanol–water partition coefficient (Wildman–Crippen LogP) is 1.28. The Kier molecular flexibility index (Phi) is 2.24. The Labute approximate surface area is 73.0 Å². The van der Waals surface area contributed by atoms with Crippen LogP contribution in [0.25, 0.3) is 0 Å². The molecule has 1 heterocycles. The monoisotopic (exact) mass is 168 g/mol. The Bertz CT molecular complexity index is 263. The van der Waals surface area contributed by atoms with Crippen molar-refractivity contribution >= 4 is 0 Å². The molecule has 1 N–H and O–H groups in total. The number of hydrogen-bond acceptors (Lipinski definition) is 2. The van der Waals surface area contributed by atoms with Crippen LogP contribution in [-0.2, 0) is 12.6 Å². The van der Waals surface area contributed by atoms with Gasteiger partial charge in [0.25, 0.3) is 0 Å². The van der Waals surface area contributed by atoms with Gasteiger partial charge >= 0.3 is 0 Å². The lowest BCUT2D eigenvalue weighted by atomic mass is 9.87. The van der Waals surface area contributed by atoms with Crippen LogP contribution in [0, 0.1) is 5.92 Å². The van der Waals surface area contributed by atoms with E-state index in [0.29, 0.717) is 0 Å². The second kappa shape index (κ2) is 2.90. The fourth-order valence-corrected chi connectivity index (χ4v) is 1.02. The summed E-state index contributed by atoms with van der Waals surface area (Å²) >= 11 is 0. The molecule has 0 amide bonds. The van der Waals surface area contributed by atoms with Gasteiger partial charge in [0.1, 0.15) is 0 Å². The molecule has 0 fully saturated rings. The zero-order valence-corrected chi connectivity index (χ0v) is 8.07. The summed E-state index contributed by atoms with van der Waals surface area (Å²) in [7, 11) is 1.85. The predicted molar refractivity (Wildman–Crippen MR) is 47.6 cm³/mol. The molecule has 1 rings (SSSR count). The van der Waals surface area contributed by atoms with Crippen LogP contribution in [-0.4, -0.2) is 14.9 Å². The van der Waals surface area contributed by atoms with E-state index in [2.05, 4.69) is 5.10 Å². The van der Waals surface area contributed by atoms with Crippen molar-refractivity contribution in [2.45, 2.75) is 26.4 Å². The summed E-state index contributed by atoms with van der Waals surface area (Å²) in [6, 6.07) is 0. The molecule has 0 aliphatic heterocycles. The number of nitrogens with zero attached hydrogens (tertiary/aromatic N) is 2. The molecule has 12 heavy (non-hydrogen) atoms. The van der Waals surface area contributed by atoms with Crippen molar-refractivity contribution in [2.75, 3.05) is 0 Å². The van der Waals surface area contributed by atoms with Gasteiger partial charge in [-0.3, -0.25) is 4.68 Å². The van der Waals surface area contributed by atoms with E-state index in [4.69, 9.17) is 0 Å². The maximum absolute atomic E-state index is 10.0. The Hall–Kier alpha value is -0.830. The molecule has 0 saturated heterocycles. The first-order valence-electron chi connectivity index (χ1n) is 4.16. The summed E-state index contributed by atoms with van der Waals surface area (Å²) in [6.45, 7) is 5.80. The molecular formula is C9H16N2O. The van der Waals surface area contributed by atoms with E-state index in [-0.39, 0.29) is 5.92 Å². The Morgan fingerprint density at radius 2 is 2.17 bits per heavy atom. The van der Waals surface area contributed by atoms with E-state index in [1.165, 1.54) is 0 Å². The number of aliphatic hydroxyl groups is 1. The van der Waals surface area contributed by atoms with Gasteiger partial charge in [-0.05, 0) is 12.8 Å². The lowest BCUT2D eigenvalue weighted by Gasteiger charge is -2.26. The summed E-state index contributed by atoms with van der Waals surface area (Å²) in [5.74, 6) is 0.196. The van der Waals surface area contributed by atoms with Crippen molar-refractivity contribution in [3.63, 3.8) is 0 Å². The maximum atomic E-state index is 10.0. The summed E-state index contributed by atoms with van der Waals surface area (Å²) in [4.78, 5) is 0. The summed E-state index contributed by atoms with van der Waals surface area (Å²) in [6.07, 6.45) is 3.56. The van der Waals surface area contributed by atoms with Gasteiger partial charge in [-0.1, -0.05) is 13.8 Å². The fourth-order valence-electron chi connectivity index (χ4n) is 1.02. The average molecular weight is 168 g/mol. The van der Waals surface area contributed by atoms with Crippen LogP contribution in [0.2, 0.25) is 0 Å². The summed E-state index contributed by atoms with van der Waals surface area (Å²) < 4.78 is 1.70. The average Bonchev–Trinajstić information content (AvgIpc) is 2.35. The van der Waals surface area contributed by atoms with Gasteiger partial charge in [-0.2, -0.15) is 5.10 Å². The summed E-state index contributed by atoms with van der Waals surface area (Å²) in [5, 5.41) is 14.0. The minimum absolute atomic E-state index is 0.196. The van der Waals surface area contributed by atoms with E-state index >= 15 is 0 Å². The highest BCUT2D eigenvalue weighted by Crippen LogP contribution is 2.27. The molecule has 3 heteroatoms. The minimum Gasteiger partial charge on any atom is -0.385 e. The number of rotatable bonds is 2. The van der Waals surface area contributed by atoms with Crippen LogP contribution in [0.1, 0.15) is 26.3 Å². The zero-order valence-electron chi connectivity index (χ0n) is 8.07. The largest absolute Gasteiger partial charge is 0.385 e. The lowest BCUT2D eigenvalue weighted by molar-refractivity contribution is 0.00899. The first-order valence-corrected chi connectivity index (χ1v) is 4.16. The number of aryl methyl sites for hydroxylation is 1. The SMILES string of the molecule is CC(C)C(C)(O)c1cnn(C)c1. The second-order valence-electron chi connectivity index (χ2n) is 3.70. The highest BCUT2D eigenvalue weighted by atomic mass is 16.3. The molecule has 0 saturated carbocycles. The van der Waals surface area contributed by atoms with Crippen LogP contribution in [0.4, 0.5) is 0 Å². The third-order valence-corrected chi connectivity index (χ3v) is 2.41. The van der Waals surface area contributed by atoms with Crippen LogP contribution < -0.4 is 0 Å². The van der Waals surface area contributed by atoms with E-state index in [1.54, 1.807) is 10.9 Å². The van der Waals surface area contributed by atoms with Crippen LogP contribution in [0.5, 0.6) is 0 Å². The quantitative estimate of drug-likeness (QED) is 0.722. The molecule has 0 aromatic carbocycles. The van der Waals surface area contributed by atoms with Crippen LogP contribution in [0.3, 0.4) is 0 Å². The topological polar surface area (TPSA) is 38.1 Å². The molecule has 0 bridgehead atoms. The Morgan fingerprint density at radius 3 is 2.50 bits per heavy atom. The molecule has 0 aliphatic rings. The lowest BCUT2D eigenvalue weighted by Crippen LogP contribution is -2.27. The fraction of sp³-hybridized carbons (Fsp3) is 0.667.